The summed E-state index contributed by atoms with van der Waals surface area (Å²) in [5, 5.41) is 2.75. The number of carbonyl (C=O) groups is 1. The summed E-state index contributed by atoms with van der Waals surface area (Å²) in [4.78, 5) is 12.5. The van der Waals surface area contributed by atoms with Crippen molar-refractivity contribution in [1.82, 2.24) is 10.0 Å². The number of hydrogen-bond donors (Lipinski definition) is 2. The number of benzene rings is 3. The van der Waals surface area contributed by atoms with Crippen molar-refractivity contribution in [3.05, 3.63) is 95.6 Å². The van der Waals surface area contributed by atoms with Crippen LogP contribution in [0.3, 0.4) is 0 Å². The summed E-state index contributed by atoms with van der Waals surface area (Å²) in [6.07, 6.45) is 0. The molecule has 0 saturated carbocycles. The fraction of sp³-hybridized carbons (Fsp3) is 0.136. The molecule has 6 nitrogen and oxygen atoms in total. The molecule has 0 radical (unpaired) electrons. The zero-order chi connectivity index (χ0) is 20.9. The number of sulfonamides is 1. The number of amides is 2. The molecule has 3 aromatic carbocycles. The van der Waals surface area contributed by atoms with Gasteiger partial charge in [-0.15, -0.1) is 0 Å². The Bertz CT molecular complexity index is 1040. The molecule has 0 aromatic heterocycles. The molecule has 0 bridgehead atoms. The third kappa shape index (κ3) is 4.94. The van der Waals surface area contributed by atoms with E-state index in [0.717, 1.165) is 16.7 Å². The van der Waals surface area contributed by atoms with E-state index in [1.54, 1.807) is 12.1 Å². The summed E-state index contributed by atoms with van der Waals surface area (Å²) in [5.74, 6) is 0.174. The Balaban J connectivity index is 1.85. The van der Waals surface area contributed by atoms with Crippen LogP contribution >= 0.6 is 0 Å². The van der Waals surface area contributed by atoms with Gasteiger partial charge in [0.15, 0.2) is 0 Å². The fourth-order valence-corrected chi connectivity index (χ4v) is 4.05. The first-order valence-electron chi connectivity index (χ1n) is 8.98. The van der Waals surface area contributed by atoms with E-state index in [-0.39, 0.29) is 10.6 Å². The maximum atomic E-state index is 12.7. The number of hydrogen-bond acceptors (Lipinski definition) is 4. The van der Waals surface area contributed by atoms with Crippen molar-refractivity contribution in [2.24, 2.45) is 0 Å². The largest absolute Gasteiger partial charge is 0.495 e. The first-order valence-corrected chi connectivity index (χ1v) is 10.5. The number of urea groups is 1. The van der Waals surface area contributed by atoms with Gasteiger partial charge in [0.05, 0.1) is 13.2 Å². The first-order chi connectivity index (χ1) is 13.9. The molecular formula is C22H22N2O4S. The van der Waals surface area contributed by atoms with Crippen molar-refractivity contribution < 1.29 is 17.9 Å². The highest BCUT2D eigenvalue weighted by molar-refractivity contribution is 7.90. The second kappa shape index (κ2) is 8.79. The van der Waals surface area contributed by atoms with Crippen LogP contribution in [-0.4, -0.2) is 21.6 Å². The van der Waals surface area contributed by atoms with Gasteiger partial charge in [0.25, 0.3) is 10.0 Å². The van der Waals surface area contributed by atoms with Crippen molar-refractivity contribution in [3.63, 3.8) is 0 Å². The molecule has 0 atom stereocenters. The lowest BCUT2D eigenvalue weighted by atomic mass is 9.99. The van der Waals surface area contributed by atoms with Crippen molar-refractivity contribution in [2.75, 3.05) is 7.11 Å². The van der Waals surface area contributed by atoms with Crippen LogP contribution in [0.2, 0.25) is 0 Å². The number of aryl methyl sites for hydroxylation is 1. The lowest BCUT2D eigenvalue weighted by molar-refractivity contribution is 0.243. The van der Waals surface area contributed by atoms with Crippen LogP contribution in [-0.2, 0) is 10.0 Å². The molecule has 0 spiro atoms. The van der Waals surface area contributed by atoms with E-state index in [1.807, 2.05) is 67.6 Å². The highest BCUT2D eigenvalue weighted by atomic mass is 32.2. The topological polar surface area (TPSA) is 84.5 Å². The third-order valence-corrected chi connectivity index (χ3v) is 5.75. The van der Waals surface area contributed by atoms with E-state index in [0.29, 0.717) is 0 Å². The van der Waals surface area contributed by atoms with Gasteiger partial charge in [-0.2, -0.15) is 0 Å². The molecule has 0 saturated heterocycles. The van der Waals surface area contributed by atoms with E-state index in [4.69, 9.17) is 4.74 Å². The molecule has 3 rings (SSSR count). The minimum absolute atomic E-state index is 0.100. The Morgan fingerprint density at radius 3 is 1.97 bits per heavy atom. The van der Waals surface area contributed by atoms with Crippen molar-refractivity contribution in [3.8, 4) is 5.75 Å². The molecule has 7 heteroatoms. The molecule has 0 fully saturated rings. The molecule has 2 amide bonds. The normalized spacial score (nSPS) is 11.1. The molecule has 2 N–H and O–H groups in total. The third-order valence-electron chi connectivity index (χ3n) is 4.38. The van der Waals surface area contributed by atoms with Crippen LogP contribution in [0.4, 0.5) is 4.79 Å². The van der Waals surface area contributed by atoms with Crippen LogP contribution in [0.5, 0.6) is 5.75 Å². The highest BCUT2D eigenvalue weighted by Crippen LogP contribution is 2.25. The van der Waals surface area contributed by atoms with Crippen molar-refractivity contribution >= 4 is 16.1 Å². The fourth-order valence-electron chi connectivity index (χ4n) is 2.98. The van der Waals surface area contributed by atoms with Crippen molar-refractivity contribution in [1.29, 1.82) is 0 Å². The molecule has 0 aliphatic heterocycles. The van der Waals surface area contributed by atoms with E-state index in [2.05, 4.69) is 10.0 Å². The second-order valence-electron chi connectivity index (χ2n) is 6.49. The van der Waals surface area contributed by atoms with Gasteiger partial charge in [0, 0.05) is 0 Å². The summed E-state index contributed by atoms with van der Waals surface area (Å²) in [6.45, 7) is 1.82. The highest BCUT2D eigenvalue weighted by Gasteiger charge is 2.24. The molecule has 0 heterocycles. The van der Waals surface area contributed by atoms with E-state index < -0.39 is 22.1 Å². The Morgan fingerprint density at radius 2 is 1.45 bits per heavy atom. The quantitative estimate of drug-likeness (QED) is 0.648. The summed E-state index contributed by atoms with van der Waals surface area (Å²) in [5.41, 5.74) is 2.51. The second-order valence-corrected chi connectivity index (χ2v) is 8.14. The monoisotopic (exact) mass is 410 g/mol. The minimum Gasteiger partial charge on any atom is -0.495 e. The van der Waals surface area contributed by atoms with Crippen LogP contribution in [0.1, 0.15) is 22.7 Å². The molecule has 0 unspecified atom stereocenters. The van der Waals surface area contributed by atoms with E-state index in [9.17, 15) is 13.2 Å². The first kappa shape index (κ1) is 20.4. The Hall–Kier alpha value is -3.32. The summed E-state index contributed by atoms with van der Waals surface area (Å²) in [7, 11) is -2.73. The molecule has 0 aliphatic carbocycles. The standard InChI is InChI=1S/C22H22N2O4S/c1-16-13-14-20(19(15-16)28-2)29(26,27)24-22(25)23-21(17-9-5-3-6-10-17)18-11-7-4-8-12-18/h3-15,21H,1-2H3,(H2,23,24,25). The molecular weight excluding hydrogens is 388 g/mol. The molecule has 0 aliphatic rings. The van der Waals surface area contributed by atoms with Gasteiger partial charge in [-0.1, -0.05) is 66.7 Å². The van der Waals surface area contributed by atoms with Gasteiger partial charge in [-0.05, 0) is 35.7 Å². The predicted octanol–water partition coefficient (Wildman–Crippen LogP) is 3.78. The van der Waals surface area contributed by atoms with Crippen molar-refractivity contribution in [2.45, 2.75) is 17.9 Å². The van der Waals surface area contributed by atoms with E-state index >= 15 is 0 Å². The van der Waals surface area contributed by atoms with Gasteiger partial charge < -0.3 is 10.1 Å². The van der Waals surface area contributed by atoms with Crippen LogP contribution in [0.15, 0.2) is 83.8 Å². The number of rotatable bonds is 6. The maximum absolute atomic E-state index is 12.7. The van der Waals surface area contributed by atoms with Gasteiger partial charge in [-0.25, -0.2) is 17.9 Å². The van der Waals surface area contributed by atoms with Gasteiger partial charge >= 0.3 is 6.03 Å². The number of ether oxygens (including phenoxy) is 1. The number of carbonyl (C=O) groups excluding carboxylic acids is 1. The van der Waals surface area contributed by atoms with E-state index in [1.165, 1.54) is 13.2 Å². The average molecular weight is 410 g/mol. The van der Waals surface area contributed by atoms with Gasteiger partial charge in [-0.3, -0.25) is 0 Å². The smallest absolute Gasteiger partial charge is 0.329 e. The zero-order valence-electron chi connectivity index (χ0n) is 16.1. The lowest BCUT2D eigenvalue weighted by Gasteiger charge is -2.20. The summed E-state index contributed by atoms with van der Waals surface area (Å²) in [6, 6.07) is 22.0. The predicted molar refractivity (Wildman–Crippen MR) is 111 cm³/mol. The lowest BCUT2D eigenvalue weighted by Crippen LogP contribution is -2.41. The number of nitrogens with one attached hydrogen (secondary N) is 2. The van der Waals surface area contributed by atoms with Crippen LogP contribution in [0, 0.1) is 6.92 Å². The number of methoxy groups -OCH3 is 1. The Morgan fingerprint density at radius 1 is 0.897 bits per heavy atom. The van der Waals surface area contributed by atoms with Crippen LogP contribution in [0.25, 0.3) is 0 Å². The zero-order valence-corrected chi connectivity index (χ0v) is 16.9. The maximum Gasteiger partial charge on any atom is 0.329 e. The van der Waals surface area contributed by atoms with Crippen LogP contribution < -0.4 is 14.8 Å². The minimum atomic E-state index is -4.12. The molecule has 150 valence electrons. The molecule has 3 aromatic rings. The SMILES string of the molecule is COc1cc(C)ccc1S(=O)(=O)NC(=O)NC(c1ccccc1)c1ccccc1. The average Bonchev–Trinajstić information content (AvgIpc) is 2.72. The van der Waals surface area contributed by atoms with Gasteiger partial charge in [0.2, 0.25) is 0 Å². The summed E-state index contributed by atoms with van der Waals surface area (Å²) >= 11 is 0. The van der Waals surface area contributed by atoms with Gasteiger partial charge in [0.1, 0.15) is 10.6 Å². The Labute approximate surface area is 170 Å². The summed E-state index contributed by atoms with van der Waals surface area (Å²) < 4.78 is 32.7. The molecule has 29 heavy (non-hydrogen) atoms. The Kier molecular flexibility index (Phi) is 6.19.